The van der Waals surface area contributed by atoms with Gasteiger partial charge in [-0.3, -0.25) is 19.3 Å². The Morgan fingerprint density at radius 2 is 1.79 bits per heavy atom. The Bertz CT molecular complexity index is 1230. The number of anilines is 2. The summed E-state index contributed by atoms with van der Waals surface area (Å²) in [6.45, 7) is -0.393. The van der Waals surface area contributed by atoms with Crippen molar-refractivity contribution in [2.45, 2.75) is 6.18 Å². The van der Waals surface area contributed by atoms with Gasteiger partial charge in [-0.15, -0.1) is 0 Å². The van der Waals surface area contributed by atoms with E-state index in [2.05, 4.69) is 10.4 Å². The number of rotatable bonds is 1. The van der Waals surface area contributed by atoms with Crippen molar-refractivity contribution in [3.05, 3.63) is 64.1 Å². The van der Waals surface area contributed by atoms with Crippen molar-refractivity contribution < 1.29 is 22.8 Å². The van der Waals surface area contributed by atoms with Gasteiger partial charge in [-0.1, -0.05) is 18.2 Å². The lowest BCUT2D eigenvalue weighted by molar-refractivity contribution is -0.137. The minimum atomic E-state index is -4.60. The van der Waals surface area contributed by atoms with Crippen molar-refractivity contribution in [1.29, 1.82) is 0 Å². The summed E-state index contributed by atoms with van der Waals surface area (Å²) in [4.78, 5) is 38.6. The molecular weight excluding hydrogens is 389 g/mol. The van der Waals surface area contributed by atoms with Gasteiger partial charge in [0.05, 0.1) is 22.3 Å². The Balaban J connectivity index is 1.86. The molecular formula is C19H13F3N4O3. The summed E-state index contributed by atoms with van der Waals surface area (Å²) in [7, 11) is 1.39. The lowest BCUT2D eigenvalue weighted by Gasteiger charge is -2.29. The van der Waals surface area contributed by atoms with Gasteiger partial charge in [0.15, 0.2) is 5.69 Å². The van der Waals surface area contributed by atoms with Crippen LogP contribution < -0.4 is 15.8 Å². The lowest BCUT2D eigenvalue weighted by atomic mass is 10.1. The molecule has 2 aromatic carbocycles. The number of amides is 2. The van der Waals surface area contributed by atoms with Crippen molar-refractivity contribution in [3.63, 3.8) is 0 Å². The van der Waals surface area contributed by atoms with E-state index < -0.39 is 35.7 Å². The van der Waals surface area contributed by atoms with Gasteiger partial charge in [0.2, 0.25) is 5.91 Å². The van der Waals surface area contributed by atoms with Gasteiger partial charge in [-0.2, -0.15) is 18.3 Å². The van der Waals surface area contributed by atoms with E-state index >= 15 is 0 Å². The topological polar surface area (TPSA) is 84.3 Å². The molecule has 0 aliphatic carbocycles. The quantitative estimate of drug-likeness (QED) is 0.678. The third-order valence-corrected chi connectivity index (χ3v) is 4.59. The summed E-state index contributed by atoms with van der Waals surface area (Å²) < 4.78 is 40.0. The first-order chi connectivity index (χ1) is 13.7. The SMILES string of the molecule is Cn1nc(C(=O)N2CC(=O)Nc3cc(C(F)(F)F)ccc32)c2ccccc2c1=O. The highest BCUT2D eigenvalue weighted by molar-refractivity contribution is 6.18. The maximum Gasteiger partial charge on any atom is 0.416 e. The van der Waals surface area contributed by atoms with Crippen LogP contribution in [0.5, 0.6) is 0 Å². The molecule has 29 heavy (non-hydrogen) atoms. The van der Waals surface area contributed by atoms with Gasteiger partial charge in [0, 0.05) is 12.4 Å². The summed E-state index contributed by atoms with van der Waals surface area (Å²) in [5, 5.41) is 6.95. The molecule has 148 valence electrons. The Morgan fingerprint density at radius 1 is 1.10 bits per heavy atom. The van der Waals surface area contributed by atoms with Crippen molar-refractivity contribution in [1.82, 2.24) is 9.78 Å². The number of nitrogens with zero attached hydrogens (tertiary/aromatic N) is 3. The molecule has 2 amide bonds. The Hall–Kier alpha value is -3.69. The number of hydrogen-bond acceptors (Lipinski definition) is 4. The second-order valence-corrected chi connectivity index (χ2v) is 6.49. The summed E-state index contributed by atoms with van der Waals surface area (Å²) >= 11 is 0. The molecule has 0 saturated heterocycles. The molecule has 1 aromatic heterocycles. The number of benzene rings is 2. The molecule has 1 N–H and O–H groups in total. The Kier molecular flexibility index (Phi) is 4.14. The second kappa shape index (κ2) is 6.43. The number of alkyl halides is 3. The summed E-state index contributed by atoms with van der Waals surface area (Å²) in [6.07, 6.45) is -4.60. The van der Waals surface area contributed by atoms with Crippen LogP contribution in [0.25, 0.3) is 10.8 Å². The molecule has 0 bridgehead atoms. The van der Waals surface area contributed by atoms with E-state index in [1.807, 2.05) is 0 Å². The summed E-state index contributed by atoms with van der Waals surface area (Å²) in [5.74, 6) is -1.34. The molecule has 10 heteroatoms. The van der Waals surface area contributed by atoms with Crippen LogP contribution in [0.3, 0.4) is 0 Å². The van der Waals surface area contributed by atoms with Gasteiger partial charge in [-0.05, 0) is 24.3 Å². The van der Waals surface area contributed by atoms with Gasteiger partial charge in [0.25, 0.3) is 11.5 Å². The molecule has 0 unspecified atom stereocenters. The lowest BCUT2D eigenvalue weighted by Crippen LogP contribution is -2.43. The fraction of sp³-hybridized carbons (Fsp3) is 0.158. The maximum atomic E-state index is 13.2. The highest BCUT2D eigenvalue weighted by Crippen LogP contribution is 2.37. The molecule has 2 heterocycles. The minimum absolute atomic E-state index is 0.0803. The van der Waals surface area contributed by atoms with E-state index in [1.54, 1.807) is 24.3 Å². The van der Waals surface area contributed by atoms with Crippen LogP contribution in [0.2, 0.25) is 0 Å². The normalized spacial score (nSPS) is 13.9. The number of halogens is 3. The van der Waals surface area contributed by atoms with Crippen LogP contribution in [0.15, 0.2) is 47.3 Å². The van der Waals surface area contributed by atoms with Crippen molar-refractivity contribution in [2.24, 2.45) is 7.05 Å². The smallest absolute Gasteiger partial charge is 0.323 e. The number of fused-ring (bicyclic) bond motifs is 2. The number of carbonyl (C=O) groups is 2. The number of aryl methyl sites for hydroxylation is 1. The molecule has 0 saturated carbocycles. The maximum absolute atomic E-state index is 13.2. The molecule has 0 radical (unpaired) electrons. The van der Waals surface area contributed by atoms with Gasteiger partial charge < -0.3 is 5.32 Å². The van der Waals surface area contributed by atoms with Gasteiger partial charge in [-0.25, -0.2) is 4.68 Å². The van der Waals surface area contributed by atoms with Crippen molar-refractivity contribution in [3.8, 4) is 0 Å². The van der Waals surface area contributed by atoms with Crippen LogP contribution in [-0.4, -0.2) is 28.1 Å². The van der Waals surface area contributed by atoms with E-state index in [1.165, 1.54) is 7.05 Å². The summed E-state index contributed by atoms with van der Waals surface area (Å²) in [6, 6.07) is 9.10. The number of hydrogen-bond donors (Lipinski definition) is 1. The standard InChI is InChI=1S/C19H13F3N4O3/c1-25-17(28)12-5-3-2-4-11(12)16(24-25)18(29)26-9-15(27)23-13-8-10(19(20,21)22)6-7-14(13)26/h2-8H,9H2,1H3,(H,23,27). The number of aromatic nitrogens is 2. The average molecular weight is 402 g/mol. The van der Waals surface area contributed by atoms with E-state index in [0.717, 1.165) is 27.8 Å². The predicted molar refractivity (Wildman–Crippen MR) is 98.7 cm³/mol. The van der Waals surface area contributed by atoms with Crippen LogP contribution >= 0.6 is 0 Å². The number of nitrogens with one attached hydrogen (secondary N) is 1. The Morgan fingerprint density at radius 3 is 2.48 bits per heavy atom. The van der Waals surface area contributed by atoms with Gasteiger partial charge in [0.1, 0.15) is 6.54 Å². The molecule has 1 aliphatic rings. The molecule has 0 spiro atoms. The first-order valence-corrected chi connectivity index (χ1v) is 8.46. The predicted octanol–water partition coefficient (Wildman–Crippen LogP) is 2.55. The average Bonchev–Trinajstić information content (AvgIpc) is 2.68. The minimum Gasteiger partial charge on any atom is -0.323 e. The van der Waals surface area contributed by atoms with Crippen molar-refractivity contribution in [2.75, 3.05) is 16.8 Å². The Labute approximate surface area is 161 Å². The van der Waals surface area contributed by atoms with Crippen LogP contribution in [0, 0.1) is 0 Å². The fourth-order valence-corrected chi connectivity index (χ4v) is 3.23. The van der Waals surface area contributed by atoms with E-state index in [0.29, 0.717) is 5.39 Å². The zero-order valence-corrected chi connectivity index (χ0v) is 14.9. The van der Waals surface area contributed by atoms with E-state index in [-0.39, 0.29) is 22.5 Å². The highest BCUT2D eigenvalue weighted by Gasteiger charge is 2.35. The monoisotopic (exact) mass is 402 g/mol. The molecule has 7 nitrogen and oxygen atoms in total. The molecule has 0 fully saturated rings. The molecule has 0 atom stereocenters. The zero-order valence-electron chi connectivity index (χ0n) is 14.9. The fourth-order valence-electron chi connectivity index (χ4n) is 3.23. The van der Waals surface area contributed by atoms with E-state index in [4.69, 9.17) is 0 Å². The molecule has 1 aliphatic heterocycles. The van der Waals surface area contributed by atoms with Crippen LogP contribution in [0.4, 0.5) is 24.5 Å². The summed E-state index contributed by atoms with van der Waals surface area (Å²) in [5.41, 5.74) is -1.44. The third kappa shape index (κ3) is 3.12. The number of carbonyl (C=O) groups excluding carboxylic acids is 2. The first kappa shape index (κ1) is 18.7. The third-order valence-electron chi connectivity index (χ3n) is 4.59. The van der Waals surface area contributed by atoms with Crippen LogP contribution in [0.1, 0.15) is 16.1 Å². The molecule has 3 aromatic rings. The molecule has 4 rings (SSSR count). The largest absolute Gasteiger partial charge is 0.416 e. The van der Waals surface area contributed by atoms with E-state index in [9.17, 15) is 27.6 Å². The second-order valence-electron chi connectivity index (χ2n) is 6.49. The van der Waals surface area contributed by atoms with Crippen molar-refractivity contribution >= 4 is 34.0 Å². The van der Waals surface area contributed by atoms with Gasteiger partial charge >= 0.3 is 6.18 Å². The zero-order chi connectivity index (χ0) is 20.9. The van der Waals surface area contributed by atoms with Crippen LogP contribution in [-0.2, 0) is 18.0 Å². The first-order valence-electron chi connectivity index (χ1n) is 8.46. The highest BCUT2D eigenvalue weighted by atomic mass is 19.4.